The number of fused-ring (bicyclic) bond motifs is 2. The summed E-state index contributed by atoms with van der Waals surface area (Å²) in [5.74, 6) is 3.30. The molecule has 3 heteroatoms. The Morgan fingerprint density at radius 2 is 1.62 bits per heavy atom. The maximum absolute atomic E-state index is 11.7. The molecule has 3 nitrogen and oxygen atoms in total. The summed E-state index contributed by atoms with van der Waals surface area (Å²) in [6.45, 7) is 6.69. The lowest BCUT2D eigenvalue weighted by Crippen LogP contribution is -2.59. The minimum absolute atomic E-state index is 0.0873. The van der Waals surface area contributed by atoms with E-state index >= 15 is 0 Å². The average Bonchev–Trinajstić information content (AvgIpc) is 3.45. The summed E-state index contributed by atoms with van der Waals surface area (Å²) in [6.07, 6.45) is 11.3. The van der Waals surface area contributed by atoms with E-state index in [1.807, 2.05) is 7.11 Å². The molecule has 0 aromatic rings. The molecular formula is C23H34O3. The Labute approximate surface area is 157 Å². The molecule has 26 heavy (non-hydrogen) atoms. The van der Waals surface area contributed by atoms with Gasteiger partial charge in [-0.15, -0.1) is 0 Å². The Hall–Kier alpha value is -0.570. The van der Waals surface area contributed by atoms with Gasteiger partial charge in [-0.3, -0.25) is 4.79 Å². The number of hydrogen-bond acceptors (Lipinski definition) is 3. The van der Waals surface area contributed by atoms with Crippen molar-refractivity contribution in [1.82, 2.24) is 0 Å². The Morgan fingerprint density at radius 1 is 0.885 bits per heavy atom. The highest BCUT2D eigenvalue weighted by molar-refractivity contribution is 5.66. The van der Waals surface area contributed by atoms with Gasteiger partial charge in [0.05, 0.1) is 6.10 Å². The number of carbonyl (C=O) groups is 1. The third-order valence-electron chi connectivity index (χ3n) is 11.2. The molecule has 144 valence electrons. The zero-order chi connectivity index (χ0) is 18.1. The van der Waals surface area contributed by atoms with Gasteiger partial charge in [-0.1, -0.05) is 13.8 Å². The van der Waals surface area contributed by atoms with Crippen LogP contribution >= 0.6 is 0 Å². The number of hydrogen-bond donors (Lipinski definition) is 0. The molecule has 0 aromatic carbocycles. The molecule has 0 radical (unpaired) electrons. The number of ether oxygens (including phenoxy) is 2. The fourth-order valence-electron chi connectivity index (χ4n) is 10.1. The van der Waals surface area contributed by atoms with Gasteiger partial charge in [0.2, 0.25) is 0 Å². The molecule has 0 bridgehead atoms. The average molecular weight is 359 g/mol. The maximum atomic E-state index is 11.7. The van der Waals surface area contributed by atoms with Gasteiger partial charge in [0.1, 0.15) is 6.10 Å². The van der Waals surface area contributed by atoms with E-state index in [0.717, 1.165) is 30.1 Å². The highest BCUT2D eigenvalue weighted by Crippen LogP contribution is 2.87. The van der Waals surface area contributed by atoms with Crippen molar-refractivity contribution in [2.45, 2.75) is 84.3 Å². The largest absolute Gasteiger partial charge is 0.462 e. The number of carbonyl (C=O) groups excluding carboxylic acids is 1. The molecular weight excluding hydrogens is 324 g/mol. The monoisotopic (exact) mass is 358 g/mol. The fourth-order valence-corrected chi connectivity index (χ4v) is 10.1. The Bertz CT molecular complexity index is 689. The van der Waals surface area contributed by atoms with E-state index in [1.54, 1.807) is 6.92 Å². The van der Waals surface area contributed by atoms with Crippen LogP contribution in [0.3, 0.4) is 0 Å². The van der Waals surface area contributed by atoms with Gasteiger partial charge in [0.15, 0.2) is 0 Å². The Morgan fingerprint density at radius 3 is 2.31 bits per heavy atom. The molecule has 6 saturated carbocycles. The van der Waals surface area contributed by atoms with E-state index in [0.29, 0.717) is 22.3 Å². The topological polar surface area (TPSA) is 35.5 Å². The van der Waals surface area contributed by atoms with E-state index in [1.165, 1.54) is 44.9 Å². The van der Waals surface area contributed by atoms with Crippen LogP contribution < -0.4 is 0 Å². The van der Waals surface area contributed by atoms with Crippen LogP contribution in [0.4, 0.5) is 0 Å². The van der Waals surface area contributed by atoms with Crippen molar-refractivity contribution < 1.29 is 14.3 Å². The summed E-state index contributed by atoms with van der Waals surface area (Å²) < 4.78 is 12.1. The zero-order valence-corrected chi connectivity index (χ0v) is 16.8. The summed E-state index contributed by atoms with van der Waals surface area (Å²) in [4.78, 5) is 11.7. The van der Waals surface area contributed by atoms with E-state index < -0.39 is 0 Å². The predicted octanol–water partition coefficient (Wildman–Crippen LogP) is 4.59. The van der Waals surface area contributed by atoms with Crippen LogP contribution in [0, 0.1) is 45.3 Å². The summed E-state index contributed by atoms with van der Waals surface area (Å²) >= 11 is 0. The molecule has 0 unspecified atom stereocenters. The van der Waals surface area contributed by atoms with Crippen molar-refractivity contribution in [2.24, 2.45) is 45.3 Å². The van der Waals surface area contributed by atoms with Crippen molar-refractivity contribution in [2.75, 3.05) is 7.11 Å². The first-order valence-corrected chi connectivity index (χ1v) is 11.0. The molecule has 6 aliphatic carbocycles. The first kappa shape index (κ1) is 16.4. The molecule has 6 fully saturated rings. The van der Waals surface area contributed by atoms with Crippen LogP contribution in [0.5, 0.6) is 0 Å². The van der Waals surface area contributed by atoms with Gasteiger partial charge in [0, 0.05) is 24.9 Å². The van der Waals surface area contributed by atoms with Crippen molar-refractivity contribution >= 4 is 5.97 Å². The van der Waals surface area contributed by atoms with E-state index in [9.17, 15) is 4.79 Å². The number of methoxy groups -OCH3 is 1. The standard InChI is InChI=1S/C23H34O3/c1-13(24)26-18-9-15-12-22(15)17-10-19(25-4)23-11-14(23)5-7-20(23,2)16(17)6-8-21(18,22)3/h14-19H,5-12H2,1-4H3/t14-,15-,16+,17-,18+,19-,20-,21-,22+,23+/m1/s1. The zero-order valence-electron chi connectivity index (χ0n) is 16.8. The van der Waals surface area contributed by atoms with Crippen molar-refractivity contribution in [3.63, 3.8) is 0 Å². The molecule has 2 spiro atoms. The van der Waals surface area contributed by atoms with E-state index in [-0.39, 0.29) is 17.5 Å². The normalized spacial score (nSPS) is 63.8. The molecule has 0 saturated heterocycles. The summed E-state index contributed by atoms with van der Waals surface area (Å²) in [5.41, 5.74) is 1.63. The van der Waals surface area contributed by atoms with Gasteiger partial charge >= 0.3 is 5.97 Å². The molecule has 0 heterocycles. The predicted molar refractivity (Wildman–Crippen MR) is 98.3 cm³/mol. The number of rotatable bonds is 2. The maximum Gasteiger partial charge on any atom is 0.302 e. The lowest BCUT2D eigenvalue weighted by Gasteiger charge is -2.61. The van der Waals surface area contributed by atoms with Crippen molar-refractivity contribution in [1.29, 1.82) is 0 Å². The molecule has 10 atom stereocenters. The summed E-state index contributed by atoms with van der Waals surface area (Å²) in [7, 11) is 1.97. The van der Waals surface area contributed by atoms with Gasteiger partial charge in [-0.05, 0) is 85.9 Å². The highest BCUT2D eigenvalue weighted by atomic mass is 16.5. The fraction of sp³-hybridized carbons (Fsp3) is 0.957. The number of esters is 1. The molecule has 6 rings (SSSR count). The smallest absolute Gasteiger partial charge is 0.302 e. The second-order valence-electron chi connectivity index (χ2n) is 11.3. The highest BCUT2D eigenvalue weighted by Gasteiger charge is 2.84. The Kier molecular flexibility index (Phi) is 2.85. The summed E-state index contributed by atoms with van der Waals surface area (Å²) in [5, 5.41) is 0. The lowest BCUT2D eigenvalue weighted by molar-refractivity contribution is -0.187. The van der Waals surface area contributed by atoms with Crippen LogP contribution in [0.1, 0.15) is 72.1 Å². The van der Waals surface area contributed by atoms with Crippen LogP contribution in [-0.4, -0.2) is 25.3 Å². The quantitative estimate of drug-likeness (QED) is 0.678. The summed E-state index contributed by atoms with van der Waals surface area (Å²) in [6, 6.07) is 0. The molecule has 0 aromatic heterocycles. The Balaban J connectivity index is 1.41. The van der Waals surface area contributed by atoms with E-state index in [4.69, 9.17) is 9.47 Å². The van der Waals surface area contributed by atoms with Crippen molar-refractivity contribution in [3.05, 3.63) is 0 Å². The van der Waals surface area contributed by atoms with Crippen LogP contribution in [0.25, 0.3) is 0 Å². The van der Waals surface area contributed by atoms with Gasteiger partial charge < -0.3 is 9.47 Å². The van der Waals surface area contributed by atoms with Gasteiger partial charge in [0.25, 0.3) is 0 Å². The third kappa shape index (κ3) is 1.47. The molecule has 0 aliphatic heterocycles. The second kappa shape index (κ2) is 4.53. The first-order valence-electron chi connectivity index (χ1n) is 11.0. The lowest BCUT2D eigenvalue weighted by atomic mass is 9.44. The third-order valence-corrected chi connectivity index (χ3v) is 11.2. The second-order valence-corrected chi connectivity index (χ2v) is 11.3. The molecule has 0 amide bonds. The SMILES string of the molecule is CO[C@@H]1C[C@@H]2[C@H](CC[C@]3(C)[C@@H](OC(C)=O)C[C@@H]4C[C@]423)[C@@]2(C)CC[C@@H]3C[C@]312. The van der Waals surface area contributed by atoms with Crippen molar-refractivity contribution in [3.8, 4) is 0 Å². The molecule has 0 N–H and O–H groups in total. The van der Waals surface area contributed by atoms with Crippen LogP contribution in [0.15, 0.2) is 0 Å². The van der Waals surface area contributed by atoms with Gasteiger partial charge in [-0.2, -0.15) is 0 Å². The minimum Gasteiger partial charge on any atom is -0.462 e. The van der Waals surface area contributed by atoms with Crippen LogP contribution in [0.2, 0.25) is 0 Å². The first-order chi connectivity index (χ1) is 12.3. The minimum atomic E-state index is -0.0873. The van der Waals surface area contributed by atoms with Gasteiger partial charge in [-0.25, -0.2) is 0 Å². The van der Waals surface area contributed by atoms with Crippen LogP contribution in [-0.2, 0) is 14.3 Å². The van der Waals surface area contributed by atoms with E-state index in [2.05, 4.69) is 13.8 Å². The molecule has 6 aliphatic rings.